The first-order valence-electron chi connectivity index (χ1n) is 8.06. The largest absolute Gasteiger partial charge is 0.465 e. The van der Waals surface area contributed by atoms with Crippen molar-refractivity contribution in [2.45, 2.75) is 65.4 Å². The van der Waals surface area contributed by atoms with Gasteiger partial charge in [-0.2, -0.15) is 0 Å². The van der Waals surface area contributed by atoms with Crippen molar-refractivity contribution >= 4 is 12.2 Å². The number of nitrogens with zero attached hydrogens (tertiary/aromatic N) is 2. The fraction of sp³-hybridized carbons (Fsp3) is 0.875. The van der Waals surface area contributed by atoms with Crippen LogP contribution < -0.4 is 0 Å². The molecule has 2 atom stereocenters. The summed E-state index contributed by atoms with van der Waals surface area (Å²) in [6.07, 6.45) is -2.15. The van der Waals surface area contributed by atoms with Crippen molar-refractivity contribution in [3.63, 3.8) is 0 Å². The lowest BCUT2D eigenvalue weighted by Gasteiger charge is -2.50. The summed E-state index contributed by atoms with van der Waals surface area (Å²) in [5.41, 5.74) is -0.631. The van der Waals surface area contributed by atoms with Crippen LogP contribution in [0.4, 0.5) is 9.59 Å². The van der Waals surface area contributed by atoms with Crippen LogP contribution in [-0.4, -0.2) is 80.8 Å². The number of hydrogen-bond acceptors (Lipinski definition) is 5. The van der Waals surface area contributed by atoms with E-state index in [9.17, 15) is 14.7 Å². The van der Waals surface area contributed by atoms with E-state index in [1.54, 1.807) is 0 Å². The Labute approximate surface area is 143 Å². The van der Waals surface area contributed by atoms with Gasteiger partial charge in [-0.3, -0.25) is 4.90 Å². The van der Waals surface area contributed by atoms with Gasteiger partial charge >= 0.3 is 12.2 Å². The maximum Gasteiger partial charge on any atom is 0.410 e. The number of amides is 2. The van der Waals surface area contributed by atoms with E-state index in [1.165, 1.54) is 9.80 Å². The summed E-state index contributed by atoms with van der Waals surface area (Å²) in [5.74, 6) is 0. The highest BCUT2D eigenvalue weighted by Gasteiger charge is 2.47. The molecule has 2 aliphatic heterocycles. The summed E-state index contributed by atoms with van der Waals surface area (Å²) in [7, 11) is 0. The summed E-state index contributed by atoms with van der Waals surface area (Å²) >= 11 is 0. The van der Waals surface area contributed by atoms with Crippen molar-refractivity contribution < 1.29 is 29.6 Å². The molecule has 0 radical (unpaired) electrons. The molecule has 2 rings (SSSR count). The Morgan fingerprint density at radius 3 is 1.75 bits per heavy atom. The van der Waals surface area contributed by atoms with E-state index in [0.717, 1.165) is 0 Å². The molecule has 140 valence electrons. The molecule has 0 spiro atoms. The predicted molar refractivity (Wildman–Crippen MR) is 87.8 cm³/mol. The van der Waals surface area contributed by atoms with E-state index in [1.807, 2.05) is 41.5 Å². The zero-order chi connectivity index (χ0) is 18.9. The molecule has 8 heteroatoms. The Kier molecular flexibility index (Phi) is 6.10. The zero-order valence-electron chi connectivity index (χ0n) is 15.3. The molecule has 0 aromatic heterocycles. The second kappa shape index (κ2) is 7.14. The first-order valence-corrected chi connectivity index (χ1v) is 8.06. The second-order valence-electron chi connectivity index (χ2n) is 8.35. The molecule has 2 amide bonds. The molecule has 8 nitrogen and oxygen atoms in total. The van der Waals surface area contributed by atoms with Gasteiger partial charge in [0.25, 0.3) is 0 Å². The number of β-amino-alcohol motifs (C(OH)–C–C–N with tert-alkyl or cyclic N) is 2. The number of carbonyl (C=O) groups excluding carboxylic acids is 1. The summed E-state index contributed by atoms with van der Waals surface area (Å²) in [6.45, 7) is 12.3. The van der Waals surface area contributed by atoms with E-state index in [0.29, 0.717) is 13.1 Å². The van der Waals surface area contributed by atoms with Gasteiger partial charge in [0.15, 0.2) is 0 Å². The summed E-state index contributed by atoms with van der Waals surface area (Å²) in [5, 5.41) is 27.0. The lowest BCUT2D eigenvalue weighted by molar-refractivity contribution is -0.0905. The van der Waals surface area contributed by atoms with Crippen molar-refractivity contribution in [3.8, 4) is 0 Å². The third-order valence-electron chi connectivity index (χ3n) is 3.73. The maximum absolute atomic E-state index is 11.2. The van der Waals surface area contributed by atoms with Gasteiger partial charge in [0.05, 0.1) is 37.9 Å². The molecule has 24 heavy (non-hydrogen) atoms. The van der Waals surface area contributed by atoms with Gasteiger partial charge < -0.3 is 25.0 Å². The minimum Gasteiger partial charge on any atom is -0.465 e. The van der Waals surface area contributed by atoms with Crippen LogP contribution in [0.15, 0.2) is 0 Å². The molecule has 0 saturated carbocycles. The van der Waals surface area contributed by atoms with E-state index < -0.39 is 17.8 Å². The minimum atomic E-state index is -0.944. The molecular weight excluding hydrogens is 316 g/mol. The number of rotatable bonds is 0. The molecule has 3 N–H and O–H groups in total. The van der Waals surface area contributed by atoms with Crippen molar-refractivity contribution in [2.75, 3.05) is 19.6 Å². The highest BCUT2D eigenvalue weighted by atomic mass is 16.6. The highest BCUT2D eigenvalue weighted by molar-refractivity contribution is 5.69. The van der Waals surface area contributed by atoms with E-state index in [4.69, 9.17) is 14.9 Å². The van der Waals surface area contributed by atoms with Crippen LogP contribution in [0.5, 0.6) is 0 Å². The van der Waals surface area contributed by atoms with Gasteiger partial charge in [-0.1, -0.05) is 20.8 Å². The molecule has 2 fully saturated rings. The molecule has 0 aromatic rings. The Morgan fingerprint density at radius 2 is 1.50 bits per heavy atom. The van der Waals surface area contributed by atoms with Crippen LogP contribution in [0.25, 0.3) is 0 Å². The molecule has 2 unspecified atom stereocenters. The maximum atomic E-state index is 11.2. The van der Waals surface area contributed by atoms with Gasteiger partial charge in [-0.15, -0.1) is 0 Å². The average Bonchev–Trinajstić information content (AvgIpc) is 2.27. The fourth-order valence-electron chi connectivity index (χ4n) is 2.66. The van der Waals surface area contributed by atoms with Gasteiger partial charge in [0.1, 0.15) is 5.60 Å². The van der Waals surface area contributed by atoms with Crippen LogP contribution in [0, 0.1) is 5.41 Å². The summed E-state index contributed by atoms with van der Waals surface area (Å²) < 4.78 is 5.07. The Hall–Kier alpha value is -1.54. The molecule has 0 aliphatic carbocycles. The highest BCUT2D eigenvalue weighted by Crippen LogP contribution is 2.33. The van der Waals surface area contributed by atoms with Gasteiger partial charge in [-0.25, -0.2) is 9.59 Å². The average molecular weight is 346 g/mol. The van der Waals surface area contributed by atoms with E-state index >= 15 is 0 Å². The van der Waals surface area contributed by atoms with Crippen LogP contribution in [0.2, 0.25) is 0 Å². The normalized spacial score (nSPS) is 24.3. The Bertz CT molecular complexity index is 462. The third-order valence-corrected chi connectivity index (χ3v) is 3.73. The second-order valence-corrected chi connectivity index (χ2v) is 8.35. The number of ether oxygens (including phenoxy) is 1. The van der Waals surface area contributed by atoms with Crippen molar-refractivity contribution in [1.29, 1.82) is 0 Å². The topological polar surface area (TPSA) is 111 Å². The molecule has 0 aromatic carbocycles. The van der Waals surface area contributed by atoms with Crippen LogP contribution in [0.3, 0.4) is 0 Å². The minimum absolute atomic E-state index is 0.184. The van der Waals surface area contributed by atoms with Crippen molar-refractivity contribution in [2.24, 2.45) is 5.41 Å². The van der Waals surface area contributed by atoms with Crippen molar-refractivity contribution in [1.82, 2.24) is 9.80 Å². The number of aliphatic hydroxyl groups excluding tert-OH is 2. The van der Waals surface area contributed by atoms with Gasteiger partial charge in [0, 0.05) is 0 Å². The SMILES string of the molecule is CC(C)(C)C1C(O)CN1C(=O)O.CC(C)(C)OC(=O)N1CC(O)C1. The number of carboxylic acid groups (broad SMARTS) is 1. The van der Waals surface area contributed by atoms with Crippen LogP contribution in [-0.2, 0) is 4.74 Å². The van der Waals surface area contributed by atoms with Gasteiger partial charge in [0.2, 0.25) is 0 Å². The zero-order valence-corrected chi connectivity index (χ0v) is 15.3. The third kappa shape index (κ3) is 5.52. The molecule has 0 bridgehead atoms. The number of aliphatic hydroxyl groups is 2. The van der Waals surface area contributed by atoms with E-state index in [2.05, 4.69) is 0 Å². The first-order chi connectivity index (χ1) is 10.7. The molecular formula is C16H30N2O6. The monoisotopic (exact) mass is 346 g/mol. The van der Waals surface area contributed by atoms with Crippen LogP contribution in [0.1, 0.15) is 41.5 Å². The molecule has 2 aliphatic rings. The standard InChI is InChI=1S/2C8H15NO3/c1-8(2,3)12-7(11)9-4-6(10)5-9;1-8(2,3)6-5(10)4-9(6)7(11)12/h6,10H,4-5H2,1-3H3;5-6,10H,4H2,1-3H3,(H,11,12). The fourth-order valence-corrected chi connectivity index (χ4v) is 2.66. The predicted octanol–water partition coefficient (Wildman–Crippen LogP) is 1.35. The lowest BCUT2D eigenvalue weighted by atomic mass is 9.77. The lowest BCUT2D eigenvalue weighted by Crippen LogP contribution is -2.66. The van der Waals surface area contributed by atoms with E-state index in [-0.39, 0.29) is 30.2 Å². The Morgan fingerprint density at radius 1 is 1.00 bits per heavy atom. The number of likely N-dealkylation sites (tertiary alicyclic amines) is 2. The number of carbonyl (C=O) groups is 2. The van der Waals surface area contributed by atoms with Crippen molar-refractivity contribution in [3.05, 3.63) is 0 Å². The smallest absolute Gasteiger partial charge is 0.410 e. The quantitative estimate of drug-likeness (QED) is 0.611. The van der Waals surface area contributed by atoms with Crippen LogP contribution >= 0.6 is 0 Å². The Balaban J connectivity index is 0.000000240. The first kappa shape index (κ1) is 20.5. The number of hydrogen-bond donors (Lipinski definition) is 3. The molecule has 2 heterocycles. The van der Waals surface area contributed by atoms with Gasteiger partial charge in [-0.05, 0) is 26.2 Å². The molecule has 2 saturated heterocycles. The summed E-state index contributed by atoms with van der Waals surface area (Å²) in [6, 6.07) is -0.255. The summed E-state index contributed by atoms with van der Waals surface area (Å²) in [4.78, 5) is 24.5.